The summed E-state index contributed by atoms with van der Waals surface area (Å²) in [5.74, 6) is 0. The molecule has 0 radical (unpaired) electrons. The van der Waals surface area contributed by atoms with E-state index in [-0.39, 0.29) is 0 Å². The molecule has 0 fully saturated rings. The Morgan fingerprint density at radius 3 is 1.41 bits per heavy atom. The summed E-state index contributed by atoms with van der Waals surface area (Å²) in [6, 6.07) is 0. The Hall–Kier alpha value is -0.110. The van der Waals surface area contributed by atoms with Crippen LogP contribution in [0.5, 0.6) is 0 Å². The summed E-state index contributed by atoms with van der Waals surface area (Å²) in [6.07, 6.45) is 14.1. The van der Waals surface area contributed by atoms with Gasteiger partial charge in [-0.15, -0.1) is 0 Å². The van der Waals surface area contributed by atoms with Crippen LogP contribution in [0.2, 0.25) is 0 Å². The highest BCUT2D eigenvalue weighted by Crippen LogP contribution is 2.12. The molecule has 0 heterocycles. The number of alkyl halides is 1. The fourth-order valence-electron chi connectivity index (χ4n) is 2.15. The van der Waals surface area contributed by atoms with Crippen LogP contribution in [0, 0.1) is 0 Å². The minimum Gasteiger partial charge on any atom is -0.364 e. The molecule has 0 spiro atoms. The lowest BCUT2D eigenvalue weighted by Crippen LogP contribution is -1.95. The lowest BCUT2D eigenvalue weighted by atomic mass is 10.0. The second kappa shape index (κ2) is 14.0. The molecule has 2 heteroatoms. The van der Waals surface area contributed by atoms with Gasteiger partial charge in [0.15, 0.2) is 6.36 Å². The summed E-state index contributed by atoms with van der Waals surface area (Å²) in [5.41, 5.74) is 0. The van der Waals surface area contributed by atoms with E-state index in [1.165, 1.54) is 64.2 Å². The molecule has 0 aliphatic rings. The van der Waals surface area contributed by atoms with Crippen LogP contribution in [0.4, 0.5) is 4.39 Å². The highest BCUT2D eigenvalue weighted by atomic mass is 19.1. The molecule has 1 atom stereocenters. The fraction of sp³-hybridized carbons (Fsp3) is 1.00. The number of hydrogen-bond donors (Lipinski definition) is 1. The van der Waals surface area contributed by atoms with Gasteiger partial charge in [-0.3, -0.25) is 0 Å². The number of halogens is 1. The molecular weight excluding hydrogens is 215 g/mol. The minimum atomic E-state index is -1.60. The number of unbranched alkanes of at least 4 members (excludes halogenated alkanes) is 11. The Balaban J connectivity index is 2.89. The predicted molar refractivity (Wildman–Crippen MR) is 72.8 cm³/mol. The largest absolute Gasteiger partial charge is 0.364 e. The Kier molecular flexibility index (Phi) is 13.9. The maximum absolute atomic E-state index is 12.1. The van der Waals surface area contributed by atoms with Crippen molar-refractivity contribution in [2.24, 2.45) is 0 Å². The smallest absolute Gasteiger partial charge is 0.196 e. The van der Waals surface area contributed by atoms with Crippen molar-refractivity contribution in [3.63, 3.8) is 0 Å². The van der Waals surface area contributed by atoms with Crippen molar-refractivity contribution in [1.82, 2.24) is 0 Å². The molecule has 0 aromatic rings. The molecule has 1 unspecified atom stereocenters. The first kappa shape index (κ1) is 16.9. The average Bonchev–Trinajstić information content (AvgIpc) is 2.30. The molecular formula is C15H31FO. The Bertz CT molecular complexity index is 137. The Morgan fingerprint density at radius 2 is 1.06 bits per heavy atom. The number of hydrogen-bond acceptors (Lipinski definition) is 1. The van der Waals surface area contributed by atoms with Gasteiger partial charge in [0.05, 0.1) is 0 Å². The second-order valence-corrected chi connectivity index (χ2v) is 5.11. The molecule has 0 aromatic heterocycles. The van der Waals surface area contributed by atoms with E-state index < -0.39 is 6.36 Å². The fourth-order valence-corrected chi connectivity index (χ4v) is 2.15. The van der Waals surface area contributed by atoms with E-state index in [9.17, 15) is 4.39 Å². The van der Waals surface area contributed by atoms with Crippen molar-refractivity contribution in [2.75, 3.05) is 0 Å². The van der Waals surface area contributed by atoms with Gasteiger partial charge < -0.3 is 5.11 Å². The molecule has 1 N–H and O–H groups in total. The van der Waals surface area contributed by atoms with E-state index in [4.69, 9.17) is 5.11 Å². The normalized spacial score (nSPS) is 12.9. The van der Waals surface area contributed by atoms with E-state index >= 15 is 0 Å². The van der Waals surface area contributed by atoms with Crippen molar-refractivity contribution in [3.8, 4) is 0 Å². The quantitative estimate of drug-likeness (QED) is 0.433. The van der Waals surface area contributed by atoms with Gasteiger partial charge in [-0.1, -0.05) is 77.6 Å². The van der Waals surface area contributed by atoms with Crippen molar-refractivity contribution in [1.29, 1.82) is 0 Å². The van der Waals surface area contributed by atoms with Crippen molar-refractivity contribution in [2.45, 2.75) is 96.8 Å². The highest BCUT2D eigenvalue weighted by Gasteiger charge is 1.98. The van der Waals surface area contributed by atoms with E-state index in [1.807, 2.05) is 0 Å². The molecule has 0 aliphatic heterocycles. The van der Waals surface area contributed by atoms with Crippen LogP contribution in [0.15, 0.2) is 0 Å². The summed E-state index contributed by atoms with van der Waals surface area (Å²) in [5, 5.41) is 8.45. The molecule has 0 aromatic carbocycles. The molecule has 104 valence electrons. The van der Waals surface area contributed by atoms with Crippen LogP contribution in [0.3, 0.4) is 0 Å². The van der Waals surface area contributed by atoms with Gasteiger partial charge in [-0.05, 0) is 6.42 Å². The zero-order valence-electron chi connectivity index (χ0n) is 11.6. The van der Waals surface area contributed by atoms with Gasteiger partial charge in [0.25, 0.3) is 0 Å². The molecule has 0 saturated carbocycles. The first-order valence-corrected chi connectivity index (χ1v) is 7.59. The SMILES string of the molecule is CCCCCCCCCCCCCCC(O)F. The Labute approximate surface area is 107 Å². The number of rotatable bonds is 13. The minimum absolute atomic E-state index is 0.317. The van der Waals surface area contributed by atoms with E-state index in [0.29, 0.717) is 6.42 Å². The number of aliphatic hydroxyl groups is 1. The third-order valence-electron chi connectivity index (χ3n) is 3.30. The Morgan fingerprint density at radius 1 is 0.706 bits per heavy atom. The summed E-state index contributed by atoms with van der Waals surface area (Å²) in [7, 11) is 0. The monoisotopic (exact) mass is 246 g/mol. The molecule has 0 bridgehead atoms. The van der Waals surface area contributed by atoms with Gasteiger partial charge in [-0.2, -0.15) is 0 Å². The zero-order valence-corrected chi connectivity index (χ0v) is 11.6. The van der Waals surface area contributed by atoms with E-state index in [1.54, 1.807) is 0 Å². The van der Waals surface area contributed by atoms with Crippen molar-refractivity contribution in [3.05, 3.63) is 0 Å². The van der Waals surface area contributed by atoms with Gasteiger partial charge in [0.1, 0.15) is 0 Å². The van der Waals surface area contributed by atoms with Crippen LogP contribution >= 0.6 is 0 Å². The first-order valence-electron chi connectivity index (χ1n) is 7.59. The maximum atomic E-state index is 12.1. The van der Waals surface area contributed by atoms with Crippen LogP contribution in [0.25, 0.3) is 0 Å². The first-order chi connectivity index (χ1) is 8.27. The van der Waals surface area contributed by atoms with E-state index in [2.05, 4.69) is 6.92 Å². The summed E-state index contributed by atoms with van der Waals surface area (Å²) < 4.78 is 12.1. The molecule has 1 nitrogen and oxygen atoms in total. The van der Waals surface area contributed by atoms with Crippen LogP contribution in [0.1, 0.15) is 90.4 Å². The van der Waals surface area contributed by atoms with Gasteiger partial charge in [0, 0.05) is 6.42 Å². The standard InChI is InChI=1S/C15H31FO/c1-2-3-4-5-6-7-8-9-10-11-12-13-14-15(16)17/h15,17H,2-14H2,1H3. The van der Waals surface area contributed by atoms with E-state index in [0.717, 1.165) is 12.8 Å². The average molecular weight is 246 g/mol. The topological polar surface area (TPSA) is 20.2 Å². The second-order valence-electron chi connectivity index (χ2n) is 5.11. The number of aliphatic hydroxyl groups excluding tert-OH is 1. The molecule has 0 aliphatic carbocycles. The summed E-state index contributed by atoms with van der Waals surface area (Å²) in [4.78, 5) is 0. The van der Waals surface area contributed by atoms with Gasteiger partial charge in [-0.25, -0.2) is 4.39 Å². The summed E-state index contributed by atoms with van der Waals surface area (Å²) >= 11 is 0. The molecule has 17 heavy (non-hydrogen) atoms. The lowest BCUT2D eigenvalue weighted by Gasteiger charge is -2.03. The predicted octanol–water partition coefficient (Wildman–Crippen LogP) is 5.37. The van der Waals surface area contributed by atoms with Crippen LogP contribution in [-0.2, 0) is 0 Å². The van der Waals surface area contributed by atoms with Crippen LogP contribution < -0.4 is 0 Å². The van der Waals surface area contributed by atoms with Crippen molar-refractivity contribution < 1.29 is 9.50 Å². The zero-order chi connectivity index (χ0) is 12.8. The lowest BCUT2D eigenvalue weighted by molar-refractivity contribution is 0.0323. The molecule has 0 saturated heterocycles. The molecule has 0 amide bonds. The third-order valence-corrected chi connectivity index (χ3v) is 3.30. The highest BCUT2D eigenvalue weighted by molar-refractivity contribution is 4.49. The van der Waals surface area contributed by atoms with Gasteiger partial charge >= 0.3 is 0 Å². The van der Waals surface area contributed by atoms with Gasteiger partial charge in [0.2, 0.25) is 0 Å². The third kappa shape index (κ3) is 15.9. The van der Waals surface area contributed by atoms with Crippen LogP contribution in [-0.4, -0.2) is 11.5 Å². The maximum Gasteiger partial charge on any atom is 0.196 e. The van der Waals surface area contributed by atoms with Crippen molar-refractivity contribution >= 4 is 0 Å². The summed E-state index contributed by atoms with van der Waals surface area (Å²) in [6.45, 7) is 2.25. The molecule has 0 rings (SSSR count).